The van der Waals surface area contributed by atoms with Crippen molar-refractivity contribution in [3.05, 3.63) is 41.1 Å². The summed E-state index contributed by atoms with van der Waals surface area (Å²) in [4.78, 5) is 12.0. The summed E-state index contributed by atoms with van der Waals surface area (Å²) in [6.45, 7) is 4.51. The third-order valence-corrected chi connectivity index (χ3v) is 4.46. The zero-order chi connectivity index (χ0) is 15.5. The molecule has 0 aliphatic carbocycles. The van der Waals surface area contributed by atoms with Crippen LogP contribution in [0.5, 0.6) is 0 Å². The van der Waals surface area contributed by atoms with Crippen molar-refractivity contribution in [2.45, 2.75) is 25.4 Å². The number of aromatic nitrogens is 2. The minimum Gasteiger partial charge on any atom is -0.372 e. The largest absolute Gasteiger partial charge is 0.372 e. The van der Waals surface area contributed by atoms with E-state index in [-0.39, 0.29) is 12.5 Å². The van der Waals surface area contributed by atoms with E-state index >= 15 is 0 Å². The Balaban J connectivity index is 1.95. The van der Waals surface area contributed by atoms with Crippen molar-refractivity contribution in [3.63, 3.8) is 0 Å². The van der Waals surface area contributed by atoms with Crippen LogP contribution in [0.2, 0.25) is 0 Å². The van der Waals surface area contributed by atoms with E-state index in [0.29, 0.717) is 6.61 Å². The van der Waals surface area contributed by atoms with Gasteiger partial charge in [0.1, 0.15) is 12.4 Å². The van der Waals surface area contributed by atoms with Crippen molar-refractivity contribution in [2.75, 3.05) is 18.5 Å². The summed E-state index contributed by atoms with van der Waals surface area (Å²) < 4.78 is 7.02. The molecular formula is C16H19N3O2S. The number of thioether (sulfide) groups is 1. The SMILES string of the molecule is CCOCC(=O)Nc1c2c(nn1-c1cccc(C)c1)CSC2. The third kappa shape index (κ3) is 3.03. The van der Waals surface area contributed by atoms with Crippen LogP contribution in [0.15, 0.2) is 24.3 Å². The van der Waals surface area contributed by atoms with Crippen LogP contribution in [-0.4, -0.2) is 28.9 Å². The average molecular weight is 317 g/mol. The highest BCUT2D eigenvalue weighted by Crippen LogP contribution is 2.36. The Morgan fingerprint density at radius 2 is 2.32 bits per heavy atom. The molecule has 0 bridgehead atoms. The molecule has 0 spiro atoms. The normalized spacial score (nSPS) is 13.2. The van der Waals surface area contributed by atoms with Gasteiger partial charge >= 0.3 is 0 Å². The minimum atomic E-state index is -0.143. The van der Waals surface area contributed by atoms with Gasteiger partial charge in [0, 0.05) is 23.7 Å². The van der Waals surface area contributed by atoms with E-state index in [1.807, 2.05) is 48.5 Å². The zero-order valence-corrected chi connectivity index (χ0v) is 13.6. The zero-order valence-electron chi connectivity index (χ0n) is 12.8. The van der Waals surface area contributed by atoms with Crippen molar-refractivity contribution in [3.8, 4) is 5.69 Å². The van der Waals surface area contributed by atoms with Crippen LogP contribution in [0.4, 0.5) is 5.82 Å². The van der Waals surface area contributed by atoms with E-state index in [1.54, 1.807) is 0 Å². The minimum absolute atomic E-state index is 0.0669. The Morgan fingerprint density at radius 3 is 3.09 bits per heavy atom. The van der Waals surface area contributed by atoms with Gasteiger partial charge in [-0.2, -0.15) is 16.9 Å². The van der Waals surface area contributed by atoms with E-state index in [2.05, 4.69) is 16.5 Å². The van der Waals surface area contributed by atoms with Crippen LogP contribution in [0.1, 0.15) is 23.7 Å². The molecule has 0 unspecified atom stereocenters. The van der Waals surface area contributed by atoms with Gasteiger partial charge in [-0.25, -0.2) is 4.68 Å². The van der Waals surface area contributed by atoms with Crippen LogP contribution >= 0.6 is 11.8 Å². The number of carbonyl (C=O) groups is 1. The molecule has 3 rings (SSSR count). The van der Waals surface area contributed by atoms with Crippen molar-refractivity contribution in [1.29, 1.82) is 0 Å². The van der Waals surface area contributed by atoms with Crippen LogP contribution in [0.3, 0.4) is 0 Å². The van der Waals surface area contributed by atoms with Gasteiger partial charge in [-0.15, -0.1) is 0 Å². The monoisotopic (exact) mass is 317 g/mol. The Labute approximate surface area is 134 Å². The van der Waals surface area contributed by atoms with Crippen LogP contribution < -0.4 is 5.32 Å². The molecule has 5 nitrogen and oxygen atoms in total. The number of hydrogen-bond donors (Lipinski definition) is 1. The second kappa shape index (κ2) is 6.54. The molecule has 0 saturated heterocycles. The van der Waals surface area contributed by atoms with Gasteiger partial charge in [-0.1, -0.05) is 12.1 Å². The highest BCUT2D eigenvalue weighted by Gasteiger charge is 2.24. The molecule has 2 aromatic rings. The molecule has 1 N–H and O–H groups in total. The first kappa shape index (κ1) is 15.1. The summed E-state index contributed by atoms with van der Waals surface area (Å²) in [7, 11) is 0. The average Bonchev–Trinajstić information content (AvgIpc) is 3.08. The molecular weight excluding hydrogens is 298 g/mol. The molecule has 6 heteroatoms. The summed E-state index contributed by atoms with van der Waals surface area (Å²) in [6.07, 6.45) is 0. The van der Waals surface area contributed by atoms with E-state index in [0.717, 1.165) is 39.8 Å². The number of nitrogens with zero attached hydrogens (tertiary/aromatic N) is 2. The van der Waals surface area contributed by atoms with E-state index in [4.69, 9.17) is 4.74 Å². The molecule has 22 heavy (non-hydrogen) atoms. The number of carbonyl (C=O) groups excluding carboxylic acids is 1. The molecule has 0 radical (unpaired) electrons. The van der Waals surface area contributed by atoms with Gasteiger partial charge in [0.05, 0.1) is 11.4 Å². The first-order chi connectivity index (χ1) is 10.7. The number of anilines is 1. The number of nitrogens with one attached hydrogen (secondary N) is 1. The molecule has 1 aliphatic rings. The Morgan fingerprint density at radius 1 is 1.45 bits per heavy atom. The lowest BCUT2D eigenvalue weighted by atomic mass is 10.2. The number of benzene rings is 1. The van der Waals surface area contributed by atoms with Gasteiger partial charge in [-0.05, 0) is 31.5 Å². The molecule has 0 atom stereocenters. The maximum Gasteiger partial charge on any atom is 0.251 e. The molecule has 0 fully saturated rings. The predicted octanol–water partition coefficient (Wildman–Crippen LogP) is 2.90. The van der Waals surface area contributed by atoms with Gasteiger partial charge in [0.2, 0.25) is 0 Å². The second-order valence-electron chi connectivity index (χ2n) is 5.20. The van der Waals surface area contributed by atoms with Crippen molar-refractivity contribution in [2.24, 2.45) is 0 Å². The number of hydrogen-bond acceptors (Lipinski definition) is 4. The van der Waals surface area contributed by atoms with Crippen LogP contribution in [0, 0.1) is 6.92 Å². The van der Waals surface area contributed by atoms with Gasteiger partial charge in [0.25, 0.3) is 5.91 Å². The molecule has 1 aliphatic heterocycles. The second-order valence-corrected chi connectivity index (χ2v) is 6.19. The summed E-state index contributed by atoms with van der Waals surface area (Å²) >= 11 is 1.82. The smallest absolute Gasteiger partial charge is 0.251 e. The first-order valence-corrected chi connectivity index (χ1v) is 8.47. The lowest BCUT2D eigenvalue weighted by Crippen LogP contribution is -2.21. The highest BCUT2D eigenvalue weighted by molar-refractivity contribution is 7.98. The molecule has 1 amide bonds. The first-order valence-electron chi connectivity index (χ1n) is 7.32. The number of ether oxygens (including phenoxy) is 1. The van der Waals surface area contributed by atoms with Crippen LogP contribution in [0.25, 0.3) is 5.69 Å². The van der Waals surface area contributed by atoms with E-state index in [1.165, 1.54) is 0 Å². The Bertz CT molecular complexity index is 697. The topological polar surface area (TPSA) is 56.1 Å². The van der Waals surface area contributed by atoms with Gasteiger partial charge in [0.15, 0.2) is 0 Å². The van der Waals surface area contributed by atoms with Gasteiger partial charge < -0.3 is 10.1 Å². The van der Waals surface area contributed by atoms with Crippen molar-refractivity contribution in [1.82, 2.24) is 9.78 Å². The Kier molecular flexibility index (Phi) is 4.49. The molecule has 1 aromatic carbocycles. The lowest BCUT2D eigenvalue weighted by molar-refractivity contribution is -0.120. The summed E-state index contributed by atoms with van der Waals surface area (Å²) in [5, 5.41) is 7.64. The molecule has 1 aromatic heterocycles. The summed E-state index contributed by atoms with van der Waals surface area (Å²) in [5.74, 6) is 2.40. The number of rotatable bonds is 5. The molecule has 0 saturated carbocycles. The number of fused-ring (bicyclic) bond motifs is 1. The van der Waals surface area contributed by atoms with Gasteiger partial charge in [-0.3, -0.25) is 4.79 Å². The molecule has 2 heterocycles. The number of aryl methyl sites for hydroxylation is 1. The number of amides is 1. The fourth-order valence-corrected chi connectivity index (χ4v) is 3.49. The summed E-state index contributed by atoms with van der Waals surface area (Å²) in [6, 6.07) is 8.11. The Hall–Kier alpha value is -1.79. The van der Waals surface area contributed by atoms with E-state index < -0.39 is 0 Å². The standard InChI is InChI=1S/C16H19N3O2S/c1-3-21-8-15(20)17-16-13-9-22-10-14(13)18-19(16)12-6-4-5-11(2)7-12/h4-7H,3,8-10H2,1-2H3,(H,17,20). The van der Waals surface area contributed by atoms with Crippen molar-refractivity contribution >= 4 is 23.5 Å². The molecule has 116 valence electrons. The third-order valence-electron chi connectivity index (χ3n) is 3.49. The lowest BCUT2D eigenvalue weighted by Gasteiger charge is -2.11. The summed E-state index contributed by atoms with van der Waals surface area (Å²) in [5.41, 5.74) is 4.30. The quantitative estimate of drug-likeness (QED) is 0.921. The fourth-order valence-electron chi connectivity index (χ4n) is 2.45. The maximum atomic E-state index is 12.0. The van der Waals surface area contributed by atoms with Crippen LogP contribution in [-0.2, 0) is 21.0 Å². The van der Waals surface area contributed by atoms with E-state index in [9.17, 15) is 4.79 Å². The van der Waals surface area contributed by atoms with Crippen molar-refractivity contribution < 1.29 is 9.53 Å². The highest BCUT2D eigenvalue weighted by atomic mass is 32.2. The predicted molar refractivity (Wildman–Crippen MR) is 88.4 cm³/mol. The fraction of sp³-hybridized carbons (Fsp3) is 0.375. The maximum absolute atomic E-state index is 12.0.